The molecular weight excluding hydrogens is 202 g/mol. The molecule has 0 atom stereocenters. The van der Waals surface area contributed by atoms with E-state index >= 15 is 0 Å². The fourth-order valence-electron chi connectivity index (χ4n) is 2.39. The predicted molar refractivity (Wildman–Crippen MR) is 64.2 cm³/mol. The van der Waals surface area contributed by atoms with Gasteiger partial charge in [0, 0.05) is 45.8 Å². The zero-order valence-electron chi connectivity index (χ0n) is 10.4. The van der Waals surface area contributed by atoms with Crippen LogP contribution in [0.15, 0.2) is 0 Å². The maximum atomic E-state index is 12.0. The Hall–Kier alpha value is -0.610. The predicted octanol–water partition coefficient (Wildman–Crippen LogP) is 0.00600. The quantitative estimate of drug-likeness (QED) is 0.735. The summed E-state index contributed by atoms with van der Waals surface area (Å²) in [5, 5.41) is 3.16. The minimum Gasteiger partial charge on any atom is -0.340 e. The number of carbonyl (C=O) groups is 1. The summed E-state index contributed by atoms with van der Waals surface area (Å²) >= 11 is 0. The number of carbonyl (C=O) groups excluding carboxylic acids is 1. The molecule has 0 aromatic rings. The van der Waals surface area contributed by atoms with E-state index in [1.807, 2.05) is 4.90 Å². The van der Waals surface area contributed by atoms with Gasteiger partial charge in [-0.1, -0.05) is 13.8 Å². The number of hydrogen-bond acceptors (Lipinski definition) is 3. The second-order valence-electron chi connectivity index (χ2n) is 5.37. The first-order valence-corrected chi connectivity index (χ1v) is 6.38. The highest BCUT2D eigenvalue weighted by Gasteiger charge is 2.30. The zero-order valence-corrected chi connectivity index (χ0v) is 10.4. The summed E-state index contributed by atoms with van der Waals surface area (Å²) in [6, 6.07) is 0. The van der Waals surface area contributed by atoms with Crippen LogP contribution in [0.3, 0.4) is 0 Å². The van der Waals surface area contributed by atoms with E-state index < -0.39 is 0 Å². The lowest BCUT2D eigenvalue weighted by Gasteiger charge is -2.39. The van der Waals surface area contributed by atoms with Crippen LogP contribution in [0, 0.1) is 11.8 Å². The molecule has 0 radical (unpaired) electrons. The Morgan fingerprint density at radius 1 is 1.25 bits per heavy atom. The van der Waals surface area contributed by atoms with Gasteiger partial charge in [-0.2, -0.15) is 0 Å². The van der Waals surface area contributed by atoms with Gasteiger partial charge in [0.15, 0.2) is 0 Å². The molecule has 2 heterocycles. The Morgan fingerprint density at radius 2 is 1.88 bits per heavy atom. The van der Waals surface area contributed by atoms with Crippen molar-refractivity contribution in [2.45, 2.75) is 13.8 Å². The molecular formula is C12H23N3O. The van der Waals surface area contributed by atoms with Crippen molar-refractivity contribution >= 4 is 5.91 Å². The van der Waals surface area contributed by atoms with E-state index in [4.69, 9.17) is 0 Å². The second-order valence-corrected chi connectivity index (χ2v) is 5.37. The molecule has 0 saturated carbocycles. The van der Waals surface area contributed by atoms with Gasteiger partial charge in [0.2, 0.25) is 5.91 Å². The topological polar surface area (TPSA) is 35.6 Å². The van der Waals surface area contributed by atoms with Gasteiger partial charge < -0.3 is 10.2 Å². The van der Waals surface area contributed by atoms with Gasteiger partial charge in [0.05, 0.1) is 5.92 Å². The van der Waals surface area contributed by atoms with Gasteiger partial charge in [0.1, 0.15) is 0 Å². The summed E-state index contributed by atoms with van der Waals surface area (Å²) in [4.78, 5) is 16.5. The van der Waals surface area contributed by atoms with Crippen LogP contribution in [0.25, 0.3) is 0 Å². The van der Waals surface area contributed by atoms with Crippen LogP contribution in [-0.4, -0.2) is 61.5 Å². The maximum Gasteiger partial charge on any atom is 0.228 e. The van der Waals surface area contributed by atoms with Gasteiger partial charge in [-0.25, -0.2) is 0 Å². The average molecular weight is 225 g/mol. The van der Waals surface area contributed by atoms with E-state index in [1.54, 1.807) is 0 Å². The van der Waals surface area contributed by atoms with Gasteiger partial charge >= 0.3 is 0 Å². The van der Waals surface area contributed by atoms with Gasteiger partial charge in [0.25, 0.3) is 0 Å². The molecule has 92 valence electrons. The molecule has 4 nitrogen and oxygen atoms in total. The van der Waals surface area contributed by atoms with Crippen LogP contribution >= 0.6 is 0 Å². The van der Waals surface area contributed by atoms with Gasteiger partial charge in [-0.05, 0) is 5.92 Å². The third kappa shape index (κ3) is 2.74. The van der Waals surface area contributed by atoms with Crippen molar-refractivity contribution in [2.75, 3.05) is 45.8 Å². The van der Waals surface area contributed by atoms with Crippen LogP contribution in [0.5, 0.6) is 0 Å². The van der Waals surface area contributed by atoms with E-state index in [0.29, 0.717) is 5.91 Å². The standard InChI is InChI=1S/C12H23N3O/c1-10(2)9-14-3-5-15(6-4-14)12(16)11-7-13-8-11/h10-11,13H,3-9H2,1-2H3. The van der Waals surface area contributed by atoms with Crippen LogP contribution < -0.4 is 5.32 Å². The molecule has 0 spiro atoms. The molecule has 0 bridgehead atoms. The summed E-state index contributed by atoms with van der Waals surface area (Å²) in [6.07, 6.45) is 0. The Labute approximate surface area is 98.0 Å². The molecule has 2 saturated heterocycles. The van der Waals surface area contributed by atoms with Crippen molar-refractivity contribution in [3.05, 3.63) is 0 Å². The Balaban J connectivity index is 1.74. The summed E-state index contributed by atoms with van der Waals surface area (Å²) in [5.41, 5.74) is 0. The number of piperazine rings is 1. The normalized spacial score (nSPS) is 23.6. The number of hydrogen-bond donors (Lipinski definition) is 1. The number of nitrogens with one attached hydrogen (secondary N) is 1. The van der Waals surface area contributed by atoms with Crippen LogP contribution in [0.4, 0.5) is 0 Å². The highest BCUT2D eigenvalue weighted by atomic mass is 16.2. The molecule has 0 unspecified atom stereocenters. The summed E-state index contributed by atoms with van der Waals surface area (Å²) < 4.78 is 0. The molecule has 2 fully saturated rings. The fraction of sp³-hybridized carbons (Fsp3) is 0.917. The minimum atomic E-state index is 0.261. The highest BCUT2D eigenvalue weighted by molar-refractivity contribution is 5.80. The van der Waals surface area contributed by atoms with Crippen molar-refractivity contribution in [1.82, 2.24) is 15.1 Å². The molecule has 0 aromatic heterocycles. The Bertz CT molecular complexity index is 243. The van der Waals surface area contributed by atoms with Crippen molar-refractivity contribution in [1.29, 1.82) is 0 Å². The van der Waals surface area contributed by atoms with E-state index in [0.717, 1.165) is 51.7 Å². The first kappa shape index (κ1) is 11.9. The lowest BCUT2D eigenvalue weighted by molar-refractivity contribution is -0.138. The first-order valence-electron chi connectivity index (χ1n) is 6.38. The monoisotopic (exact) mass is 225 g/mol. The van der Waals surface area contributed by atoms with Crippen LogP contribution in [0.1, 0.15) is 13.8 Å². The molecule has 2 rings (SSSR count). The highest BCUT2D eigenvalue weighted by Crippen LogP contribution is 2.11. The zero-order chi connectivity index (χ0) is 11.5. The van der Waals surface area contributed by atoms with Crippen LogP contribution in [0.2, 0.25) is 0 Å². The molecule has 16 heavy (non-hydrogen) atoms. The smallest absolute Gasteiger partial charge is 0.228 e. The minimum absolute atomic E-state index is 0.261. The lowest BCUT2D eigenvalue weighted by atomic mass is 10.0. The van der Waals surface area contributed by atoms with Gasteiger partial charge in [-0.15, -0.1) is 0 Å². The van der Waals surface area contributed by atoms with Crippen molar-refractivity contribution in [3.63, 3.8) is 0 Å². The third-order valence-corrected chi connectivity index (χ3v) is 3.44. The maximum absolute atomic E-state index is 12.0. The van der Waals surface area contributed by atoms with Gasteiger partial charge in [-0.3, -0.25) is 9.69 Å². The van der Waals surface area contributed by atoms with Crippen LogP contribution in [-0.2, 0) is 4.79 Å². The van der Waals surface area contributed by atoms with Crippen molar-refractivity contribution in [3.8, 4) is 0 Å². The Morgan fingerprint density at radius 3 is 2.31 bits per heavy atom. The molecule has 0 aromatic carbocycles. The first-order chi connectivity index (χ1) is 7.66. The van der Waals surface area contributed by atoms with Crippen molar-refractivity contribution in [2.24, 2.45) is 11.8 Å². The largest absolute Gasteiger partial charge is 0.340 e. The molecule has 2 aliphatic heterocycles. The third-order valence-electron chi connectivity index (χ3n) is 3.44. The number of rotatable bonds is 3. The molecule has 2 aliphatic rings. The molecule has 4 heteroatoms. The summed E-state index contributed by atoms with van der Waals surface area (Å²) in [7, 11) is 0. The summed E-state index contributed by atoms with van der Waals surface area (Å²) in [5.74, 6) is 1.35. The number of amides is 1. The summed E-state index contributed by atoms with van der Waals surface area (Å²) in [6.45, 7) is 11.3. The van der Waals surface area contributed by atoms with E-state index in [2.05, 4.69) is 24.1 Å². The van der Waals surface area contributed by atoms with E-state index in [1.165, 1.54) is 0 Å². The lowest BCUT2D eigenvalue weighted by Crippen LogP contribution is -2.56. The average Bonchev–Trinajstić information content (AvgIpc) is 2.15. The van der Waals surface area contributed by atoms with Crippen molar-refractivity contribution < 1.29 is 4.79 Å². The number of nitrogens with zero attached hydrogens (tertiary/aromatic N) is 2. The van der Waals surface area contributed by atoms with E-state index in [-0.39, 0.29) is 5.92 Å². The molecule has 1 N–H and O–H groups in total. The molecule has 1 amide bonds. The van der Waals surface area contributed by atoms with E-state index in [9.17, 15) is 4.79 Å². The molecule has 0 aliphatic carbocycles. The Kier molecular flexibility index (Phi) is 3.82. The second kappa shape index (κ2) is 5.15. The SMILES string of the molecule is CC(C)CN1CCN(C(=O)C2CNC2)CC1. The fourth-order valence-corrected chi connectivity index (χ4v) is 2.39.